The summed E-state index contributed by atoms with van der Waals surface area (Å²) < 4.78 is 15.3. The summed E-state index contributed by atoms with van der Waals surface area (Å²) in [6, 6.07) is 11.0. The van der Waals surface area contributed by atoms with Crippen LogP contribution in [0.25, 0.3) is 11.5 Å². The van der Waals surface area contributed by atoms with Crippen LogP contribution in [0.5, 0.6) is 0 Å². The average Bonchev–Trinajstić information content (AvgIpc) is 3.15. The maximum atomic E-state index is 11.7. The average molecular weight is 284 g/mol. The fraction of sp³-hybridized carbons (Fsp3) is 0.133. The summed E-state index contributed by atoms with van der Waals surface area (Å²) in [5.74, 6) is -0.0312. The highest BCUT2D eigenvalue weighted by Crippen LogP contribution is 2.18. The third kappa shape index (κ3) is 3.00. The van der Waals surface area contributed by atoms with Gasteiger partial charge in [-0.3, -0.25) is 0 Å². The summed E-state index contributed by atoms with van der Waals surface area (Å²) in [4.78, 5) is 16.0. The fourth-order valence-corrected chi connectivity index (χ4v) is 1.76. The molecule has 0 aliphatic rings. The van der Waals surface area contributed by atoms with Gasteiger partial charge in [0.25, 0.3) is 0 Å². The summed E-state index contributed by atoms with van der Waals surface area (Å²) >= 11 is 0. The minimum Gasteiger partial charge on any atom is -0.453 e. The van der Waals surface area contributed by atoms with Gasteiger partial charge < -0.3 is 13.7 Å². The molecule has 1 aromatic carbocycles. The SMILES string of the molecule is Cc1cc(C(=O)OCc2coc(-c3ccccc3)n2)on1. The molecule has 21 heavy (non-hydrogen) atoms. The molecule has 0 saturated carbocycles. The fourth-order valence-electron chi connectivity index (χ4n) is 1.76. The van der Waals surface area contributed by atoms with E-state index in [1.54, 1.807) is 6.92 Å². The molecule has 2 aromatic heterocycles. The van der Waals surface area contributed by atoms with Crippen molar-refractivity contribution >= 4 is 5.97 Å². The van der Waals surface area contributed by atoms with E-state index in [9.17, 15) is 4.79 Å². The van der Waals surface area contributed by atoms with Crippen molar-refractivity contribution in [3.05, 3.63) is 59.8 Å². The quantitative estimate of drug-likeness (QED) is 0.685. The lowest BCUT2D eigenvalue weighted by atomic mass is 10.2. The van der Waals surface area contributed by atoms with E-state index in [-0.39, 0.29) is 12.4 Å². The third-order valence-electron chi connectivity index (χ3n) is 2.75. The van der Waals surface area contributed by atoms with Crippen LogP contribution in [0.2, 0.25) is 0 Å². The van der Waals surface area contributed by atoms with Crippen LogP contribution in [-0.2, 0) is 11.3 Å². The number of benzene rings is 1. The Morgan fingerprint density at radius 1 is 1.29 bits per heavy atom. The van der Waals surface area contributed by atoms with Gasteiger partial charge in [-0.15, -0.1) is 0 Å². The molecule has 0 saturated heterocycles. The second kappa shape index (κ2) is 5.62. The highest BCUT2D eigenvalue weighted by molar-refractivity contribution is 5.86. The third-order valence-corrected chi connectivity index (χ3v) is 2.75. The van der Waals surface area contributed by atoms with Crippen LogP contribution < -0.4 is 0 Å². The standard InChI is InChI=1S/C15H12N2O4/c1-10-7-13(21-17-10)15(18)20-9-12-8-19-14(16-12)11-5-3-2-4-6-11/h2-8H,9H2,1H3. The van der Waals surface area contributed by atoms with E-state index in [0.29, 0.717) is 17.3 Å². The van der Waals surface area contributed by atoms with Crippen molar-refractivity contribution in [2.24, 2.45) is 0 Å². The number of ether oxygens (including phenoxy) is 1. The summed E-state index contributed by atoms with van der Waals surface area (Å²) in [5, 5.41) is 3.63. The molecule has 2 heterocycles. The number of aryl methyl sites for hydroxylation is 1. The smallest absolute Gasteiger partial charge is 0.377 e. The molecule has 0 radical (unpaired) electrons. The molecule has 6 nitrogen and oxygen atoms in total. The number of nitrogens with zero attached hydrogens (tertiary/aromatic N) is 2. The van der Waals surface area contributed by atoms with Crippen molar-refractivity contribution < 1.29 is 18.5 Å². The van der Waals surface area contributed by atoms with Crippen LogP contribution in [0.4, 0.5) is 0 Å². The van der Waals surface area contributed by atoms with Gasteiger partial charge in [-0.2, -0.15) is 0 Å². The van der Waals surface area contributed by atoms with Crippen LogP contribution in [-0.4, -0.2) is 16.1 Å². The minimum absolute atomic E-state index is 0.00884. The first-order valence-electron chi connectivity index (χ1n) is 6.32. The molecule has 6 heteroatoms. The van der Waals surface area contributed by atoms with Crippen molar-refractivity contribution in [3.8, 4) is 11.5 Å². The number of oxazole rings is 1. The Hall–Kier alpha value is -2.89. The number of hydrogen-bond donors (Lipinski definition) is 0. The molecule has 0 fully saturated rings. The zero-order valence-electron chi connectivity index (χ0n) is 11.3. The molecular formula is C15H12N2O4. The number of aromatic nitrogens is 2. The Kier molecular flexibility index (Phi) is 3.51. The first-order chi connectivity index (χ1) is 10.2. The van der Waals surface area contributed by atoms with Crippen molar-refractivity contribution in [1.82, 2.24) is 10.1 Å². The molecule has 0 spiro atoms. The van der Waals surface area contributed by atoms with Crippen LogP contribution in [0.1, 0.15) is 21.9 Å². The molecule has 3 aromatic rings. The lowest BCUT2D eigenvalue weighted by molar-refractivity contribution is 0.0421. The Labute approximate surface area is 120 Å². The second-order valence-electron chi connectivity index (χ2n) is 4.42. The molecule has 0 bridgehead atoms. The maximum Gasteiger partial charge on any atom is 0.377 e. The van der Waals surface area contributed by atoms with Crippen molar-refractivity contribution in [3.63, 3.8) is 0 Å². The summed E-state index contributed by atoms with van der Waals surface area (Å²) in [7, 11) is 0. The number of carbonyl (C=O) groups excluding carboxylic acids is 1. The van der Waals surface area contributed by atoms with Gasteiger partial charge in [-0.1, -0.05) is 23.4 Å². The monoisotopic (exact) mass is 284 g/mol. The Balaban J connectivity index is 1.64. The maximum absolute atomic E-state index is 11.7. The topological polar surface area (TPSA) is 78.4 Å². The Bertz CT molecular complexity index is 746. The summed E-state index contributed by atoms with van der Waals surface area (Å²) in [5.41, 5.74) is 2.01. The number of rotatable bonds is 4. The van der Waals surface area contributed by atoms with Crippen molar-refractivity contribution in [2.45, 2.75) is 13.5 Å². The van der Waals surface area contributed by atoms with Gasteiger partial charge in [0.2, 0.25) is 11.7 Å². The normalized spacial score (nSPS) is 10.5. The second-order valence-corrected chi connectivity index (χ2v) is 4.42. The van der Waals surface area contributed by atoms with Gasteiger partial charge >= 0.3 is 5.97 Å². The molecule has 0 aliphatic carbocycles. The predicted octanol–water partition coefficient (Wildman–Crippen LogP) is 3.00. The predicted molar refractivity (Wildman–Crippen MR) is 72.3 cm³/mol. The first-order valence-corrected chi connectivity index (χ1v) is 6.32. The van der Waals surface area contributed by atoms with E-state index in [1.807, 2.05) is 30.3 Å². The lowest BCUT2D eigenvalue weighted by Gasteiger charge is -1.98. The lowest BCUT2D eigenvalue weighted by Crippen LogP contribution is -2.04. The number of hydrogen-bond acceptors (Lipinski definition) is 6. The van der Waals surface area contributed by atoms with E-state index in [1.165, 1.54) is 12.3 Å². The molecule has 0 aliphatic heterocycles. The van der Waals surface area contributed by atoms with Gasteiger partial charge in [0, 0.05) is 11.6 Å². The number of carbonyl (C=O) groups is 1. The van der Waals surface area contributed by atoms with Gasteiger partial charge in [0.1, 0.15) is 18.6 Å². The first kappa shape index (κ1) is 13.1. The van der Waals surface area contributed by atoms with E-state index < -0.39 is 5.97 Å². The van der Waals surface area contributed by atoms with Crippen LogP contribution >= 0.6 is 0 Å². The molecule has 106 valence electrons. The number of esters is 1. The van der Waals surface area contributed by atoms with Crippen molar-refractivity contribution in [1.29, 1.82) is 0 Å². The van der Waals surface area contributed by atoms with E-state index in [2.05, 4.69) is 10.1 Å². The van der Waals surface area contributed by atoms with Crippen molar-refractivity contribution in [2.75, 3.05) is 0 Å². The van der Waals surface area contributed by atoms with Gasteiger partial charge in [-0.05, 0) is 19.1 Å². The highest BCUT2D eigenvalue weighted by Gasteiger charge is 2.14. The summed E-state index contributed by atoms with van der Waals surface area (Å²) in [6.45, 7) is 1.74. The molecule has 0 N–H and O–H groups in total. The van der Waals surface area contributed by atoms with E-state index in [4.69, 9.17) is 13.7 Å². The Morgan fingerprint density at radius 3 is 2.81 bits per heavy atom. The van der Waals surface area contributed by atoms with Gasteiger partial charge in [0.05, 0.1) is 5.69 Å². The molecule has 0 amide bonds. The van der Waals surface area contributed by atoms with Crippen LogP contribution in [0, 0.1) is 6.92 Å². The minimum atomic E-state index is -0.583. The Morgan fingerprint density at radius 2 is 2.10 bits per heavy atom. The highest BCUT2D eigenvalue weighted by atomic mass is 16.6. The zero-order chi connectivity index (χ0) is 14.7. The molecule has 0 atom stereocenters. The van der Waals surface area contributed by atoms with Crippen LogP contribution in [0.15, 0.2) is 51.6 Å². The van der Waals surface area contributed by atoms with Gasteiger partial charge in [0.15, 0.2) is 0 Å². The van der Waals surface area contributed by atoms with Crippen LogP contribution in [0.3, 0.4) is 0 Å². The molecule has 3 rings (SSSR count). The van der Waals surface area contributed by atoms with E-state index >= 15 is 0 Å². The van der Waals surface area contributed by atoms with Gasteiger partial charge in [-0.25, -0.2) is 9.78 Å². The summed E-state index contributed by atoms with van der Waals surface area (Å²) in [6.07, 6.45) is 1.46. The largest absolute Gasteiger partial charge is 0.453 e. The molecule has 0 unspecified atom stereocenters. The van der Waals surface area contributed by atoms with E-state index in [0.717, 1.165) is 5.56 Å². The zero-order valence-corrected chi connectivity index (χ0v) is 11.3. The molecular weight excluding hydrogens is 272 g/mol.